The molecular weight excluding hydrogens is 1350 g/mol. The predicted octanol–water partition coefficient (Wildman–Crippen LogP) is 8.98. The Kier molecular flexibility index (Phi) is 23.8. The Morgan fingerprint density at radius 3 is 1.55 bits per heavy atom. The number of aromatic nitrogens is 12. The van der Waals surface area contributed by atoms with Gasteiger partial charge in [-0.05, 0) is 130 Å². The summed E-state index contributed by atoms with van der Waals surface area (Å²) in [5.74, 6) is -0.642. The molecule has 8 aromatic heterocycles. The number of nitrogens with one attached hydrogen (secondary N) is 3. The number of carboxylic acids is 1. The predicted molar refractivity (Wildman–Crippen MR) is 347 cm³/mol. The van der Waals surface area contributed by atoms with Gasteiger partial charge in [0.05, 0.1) is 23.6 Å². The summed E-state index contributed by atoms with van der Waals surface area (Å²) >= 11 is 13.8. The number of fused-ring (bicyclic) bond motifs is 4. The van der Waals surface area contributed by atoms with E-state index in [1.165, 1.54) is 28.1 Å². The second kappa shape index (κ2) is 30.3. The molecule has 2 saturated heterocycles. The number of halogens is 5. The van der Waals surface area contributed by atoms with Crippen LogP contribution in [0.25, 0.3) is 55.4 Å². The van der Waals surface area contributed by atoms with E-state index in [1.54, 1.807) is 57.6 Å². The number of alkyl halides is 2. The van der Waals surface area contributed by atoms with E-state index in [4.69, 9.17) is 5.11 Å². The van der Waals surface area contributed by atoms with Crippen LogP contribution in [0.2, 0.25) is 0 Å². The summed E-state index contributed by atoms with van der Waals surface area (Å²) in [4.78, 5) is 91.7. The molecule has 0 radical (unpaired) electrons. The van der Waals surface area contributed by atoms with E-state index in [0.717, 1.165) is 33.5 Å². The van der Waals surface area contributed by atoms with Crippen LogP contribution in [0.3, 0.4) is 0 Å². The number of hydrogen-bond acceptors (Lipinski definition) is 17. The van der Waals surface area contributed by atoms with Crippen molar-refractivity contribution in [2.24, 2.45) is 0 Å². The van der Waals surface area contributed by atoms with Crippen molar-refractivity contribution in [3.8, 4) is 22.3 Å². The highest BCUT2D eigenvalue weighted by molar-refractivity contribution is 9.10. The summed E-state index contributed by atoms with van der Waals surface area (Å²) in [5.41, 5.74) is 6.62. The van der Waals surface area contributed by atoms with Crippen LogP contribution in [0.1, 0.15) is 66.7 Å². The minimum atomic E-state index is -1.35. The molecular formula is C57H57Br2ClF2N16O7S3. The molecule has 3 amide bonds. The van der Waals surface area contributed by atoms with Gasteiger partial charge in [-0.25, -0.2) is 37.7 Å². The molecule has 10 heterocycles. The van der Waals surface area contributed by atoms with Crippen LogP contribution in [0, 0.1) is 13.8 Å². The first-order valence-corrected chi connectivity index (χ1v) is 28.9. The van der Waals surface area contributed by atoms with Gasteiger partial charge in [0.25, 0.3) is 0 Å². The fourth-order valence-corrected chi connectivity index (χ4v) is 10.4. The summed E-state index contributed by atoms with van der Waals surface area (Å²) in [6, 6.07) is 27.4. The van der Waals surface area contributed by atoms with Gasteiger partial charge >= 0.3 is 5.97 Å². The zero-order valence-corrected chi connectivity index (χ0v) is 53.0. The lowest BCUT2D eigenvalue weighted by atomic mass is 10.0. The Morgan fingerprint density at radius 1 is 0.636 bits per heavy atom. The summed E-state index contributed by atoms with van der Waals surface area (Å²) in [6.07, 6.45) is 1.54. The maximum Gasteiger partial charge on any atom is 0.325 e. The molecule has 0 saturated carbocycles. The van der Waals surface area contributed by atoms with Crippen molar-refractivity contribution >= 4 is 160 Å². The fourth-order valence-electron chi connectivity index (χ4n) is 9.74. The van der Waals surface area contributed by atoms with Gasteiger partial charge < -0.3 is 26.0 Å². The molecule has 0 unspecified atom stereocenters. The van der Waals surface area contributed by atoms with Gasteiger partial charge in [0.1, 0.15) is 75.4 Å². The Hall–Kier alpha value is -8.00. The summed E-state index contributed by atoms with van der Waals surface area (Å²) in [7, 11) is 0. The number of rotatable bonds is 12. The molecule has 2 aliphatic rings. The number of aliphatic carboxylic acids is 1. The van der Waals surface area contributed by atoms with Gasteiger partial charge in [-0.15, -0.1) is 12.4 Å². The molecule has 0 bridgehead atoms. The summed E-state index contributed by atoms with van der Waals surface area (Å²) < 4.78 is 34.7. The van der Waals surface area contributed by atoms with Crippen LogP contribution in [0.4, 0.5) is 20.4 Å². The number of carboxylic acid groups (broad SMARTS) is 1. The molecule has 2 aromatic carbocycles. The van der Waals surface area contributed by atoms with E-state index in [1.807, 2.05) is 74.8 Å². The lowest BCUT2D eigenvalue weighted by Crippen LogP contribution is -2.44. The number of benzene rings is 2. The van der Waals surface area contributed by atoms with Crippen molar-refractivity contribution in [1.29, 1.82) is 0 Å². The van der Waals surface area contributed by atoms with Gasteiger partial charge in [0, 0.05) is 89.9 Å². The SMILES string of the molecule is C.CC(=O)c1nn(CC(=O)N2C[C@H](F)C[C@H]2C(=O)Nc2cccc(Br)n2)c2ccc(-c3ccc4nc(C)nn4c3)cc12.CC(=O)c1nn(CC(=O)O)c2ccc(-c3ccc4nc(C)nn4c3)cc12.Cl.O=C(Nc1cccc(Br)n1)[C@@H]1C[C@@H](F)CN1.S.S=S. The number of aryl methyl sites for hydroxylation is 2. The Labute approximate surface area is 541 Å². The molecule has 2 aliphatic heterocycles. The maximum absolute atomic E-state index is 14.5. The lowest BCUT2D eigenvalue weighted by molar-refractivity contribution is -0.138. The fraction of sp³-hybridized carbons (Fsp3) is 0.263. The normalized spacial score (nSPS) is 15.7. The zero-order valence-electron chi connectivity index (χ0n) is 46.4. The maximum atomic E-state index is 14.5. The number of nitrogens with zero attached hydrogens (tertiary/aromatic N) is 13. The number of Topliss-reactive ketones (excluding diaryl/α,β-unsaturated/α-hetero) is 2. The molecule has 0 aliphatic carbocycles. The minimum Gasteiger partial charge on any atom is -0.480 e. The van der Waals surface area contributed by atoms with Crippen LogP contribution in [0.15, 0.2) is 119 Å². The minimum absolute atomic E-state index is 0. The number of hydrogen-bond donors (Lipinski definition) is 4. The van der Waals surface area contributed by atoms with E-state index >= 15 is 0 Å². The number of pyridine rings is 4. The summed E-state index contributed by atoms with van der Waals surface area (Å²) in [5, 5.41) is 35.7. The first kappa shape index (κ1) is 69.1. The van der Waals surface area contributed by atoms with Gasteiger partial charge in [-0.1, -0.05) is 31.7 Å². The third-order valence-electron chi connectivity index (χ3n) is 13.5. The van der Waals surface area contributed by atoms with Gasteiger partial charge in [-0.3, -0.25) is 38.1 Å². The Morgan fingerprint density at radius 2 is 1.10 bits per heavy atom. The van der Waals surface area contributed by atoms with Crippen molar-refractivity contribution in [3.05, 3.63) is 142 Å². The number of carbonyl (C=O) groups excluding carboxylic acids is 5. The average molecular weight is 1410 g/mol. The van der Waals surface area contributed by atoms with Gasteiger partial charge in [-0.2, -0.15) is 33.9 Å². The third kappa shape index (κ3) is 16.2. The second-order valence-electron chi connectivity index (χ2n) is 19.6. The number of ketones is 2. The van der Waals surface area contributed by atoms with Crippen LogP contribution >= 0.6 is 57.8 Å². The lowest BCUT2D eigenvalue weighted by Gasteiger charge is -2.23. The molecule has 12 rings (SSSR count). The standard InChI is InChI=1S/C28H24BrFN8O3.C18H15N5O3.C10H11BrFN3O.CH4.ClH.S2.H2S/c1-15(39)27-20-10-17(18-7-9-25-31-16(2)34-38(25)12-18)6-8-21(20)37(35-27)14-26(40)36-13-19(30)11-22(36)28(41)33-24-5-3-4-23(29)32-24;1-10(24)18-14-7-12(3-5-15(14)22(21-18)9-17(25)26)13-4-6-16-19-11(2)20-23(16)8-13;11-8-2-1-3-9(14-8)15-10(16)7-4-6(12)5-13-7;;;1-2;/h3-10,12,19,22H,11,13-14H2,1-2H3,(H,32,33,41);3-8H,9H2,1-2H3,(H,25,26);1-3,6-7,13H,4-5H2,(H,14,15,16);1H4;1H;;1H2/t19-,22+;;6-,7+;;;;/m1.1..../s1. The van der Waals surface area contributed by atoms with Crippen LogP contribution in [0.5, 0.6) is 0 Å². The van der Waals surface area contributed by atoms with E-state index in [2.05, 4.69) is 111 Å². The average Bonchev–Trinajstić information content (AvgIpc) is 2.69. The van der Waals surface area contributed by atoms with Crippen molar-refractivity contribution in [2.45, 2.75) is 85.5 Å². The van der Waals surface area contributed by atoms with Gasteiger partial charge in [0.15, 0.2) is 22.9 Å². The Bertz CT molecular complexity index is 4250. The van der Waals surface area contributed by atoms with E-state index in [9.17, 15) is 37.5 Å². The molecule has 0 spiro atoms. The molecule has 4 atom stereocenters. The first-order chi connectivity index (χ1) is 40.7. The number of anilines is 2. The van der Waals surface area contributed by atoms with Crippen LogP contribution < -0.4 is 16.0 Å². The molecule has 460 valence electrons. The van der Waals surface area contributed by atoms with Crippen molar-refractivity contribution in [3.63, 3.8) is 0 Å². The second-order valence-corrected chi connectivity index (χ2v) is 21.2. The number of likely N-dealkylation sites (tertiary alicyclic amines) is 1. The van der Waals surface area contributed by atoms with Crippen molar-refractivity contribution in [2.75, 3.05) is 23.7 Å². The zero-order chi connectivity index (χ0) is 60.8. The van der Waals surface area contributed by atoms with E-state index in [-0.39, 0.29) is 107 Å². The van der Waals surface area contributed by atoms with Crippen LogP contribution in [-0.2, 0) is 54.6 Å². The molecule has 31 heteroatoms. The third-order valence-corrected chi connectivity index (χ3v) is 14.4. The monoisotopic (exact) mass is 1400 g/mol. The largest absolute Gasteiger partial charge is 0.480 e. The topological polar surface area (TPSA) is 284 Å². The van der Waals surface area contributed by atoms with Gasteiger partial charge in [0.2, 0.25) is 17.7 Å². The first-order valence-electron chi connectivity index (χ1n) is 26.0. The van der Waals surface area contributed by atoms with Crippen molar-refractivity contribution in [1.82, 2.24) is 68.9 Å². The highest BCUT2D eigenvalue weighted by atomic mass is 79.9. The van der Waals surface area contributed by atoms with E-state index < -0.39 is 42.2 Å². The smallest absolute Gasteiger partial charge is 0.325 e. The highest BCUT2D eigenvalue weighted by Gasteiger charge is 2.40. The molecule has 10 aromatic rings. The molecule has 88 heavy (non-hydrogen) atoms. The van der Waals surface area contributed by atoms with Crippen molar-refractivity contribution < 1.29 is 42.7 Å². The number of carbonyl (C=O) groups is 6. The Balaban J connectivity index is 0.000000225. The summed E-state index contributed by atoms with van der Waals surface area (Å²) in [6.45, 7) is 5.94. The molecule has 2 fully saturated rings. The quantitative estimate of drug-likeness (QED) is 0.0655. The molecule has 23 nitrogen and oxygen atoms in total. The molecule has 4 N–H and O–H groups in total. The van der Waals surface area contributed by atoms with E-state index in [0.29, 0.717) is 48.5 Å². The highest BCUT2D eigenvalue weighted by Crippen LogP contribution is 2.31. The number of amides is 3. The van der Waals surface area contributed by atoms with Crippen LogP contribution in [-0.4, -0.2) is 142 Å².